The third-order valence-electron chi connectivity index (χ3n) is 10.7. The summed E-state index contributed by atoms with van der Waals surface area (Å²) in [5.74, 6) is -1.70. The molecule has 11 N–H and O–H groups in total. The lowest BCUT2D eigenvalue weighted by molar-refractivity contribution is -0.319. The Morgan fingerprint density at radius 1 is 0.667 bits per heavy atom. The molecule has 340 valence electrons. The Hall–Kier alpha value is -5.24. The molecule has 3 saturated heterocycles. The van der Waals surface area contributed by atoms with Crippen molar-refractivity contribution in [2.75, 3.05) is 13.2 Å². The molecular formula is C42H46O21. The number of ether oxygens (including phenoxy) is 7. The third kappa shape index (κ3) is 9.95. The number of rotatable bonds is 12. The Morgan fingerprint density at radius 2 is 1.24 bits per heavy atom. The van der Waals surface area contributed by atoms with Crippen LogP contribution >= 0.6 is 0 Å². The number of phenols is 2. The van der Waals surface area contributed by atoms with Crippen molar-refractivity contribution in [3.05, 3.63) is 88.6 Å². The van der Waals surface area contributed by atoms with Gasteiger partial charge in [-0.2, -0.15) is 0 Å². The molecule has 2 aromatic rings. The second-order valence-electron chi connectivity index (χ2n) is 15.1. The lowest BCUT2D eigenvalue weighted by Crippen LogP contribution is -2.62. The van der Waals surface area contributed by atoms with Crippen LogP contribution in [0.25, 0.3) is 28.7 Å². The number of carbonyl (C=O) groups excluding carboxylic acids is 1. The van der Waals surface area contributed by atoms with Gasteiger partial charge in [-0.1, -0.05) is 12.1 Å². The van der Waals surface area contributed by atoms with Crippen LogP contribution in [-0.2, 0) is 28.5 Å². The number of esters is 1. The van der Waals surface area contributed by atoms with Gasteiger partial charge in [0.05, 0.1) is 24.9 Å². The molecular weight excluding hydrogens is 840 g/mol. The molecule has 4 heterocycles. The zero-order chi connectivity index (χ0) is 45.3. The monoisotopic (exact) mass is 886 g/mol. The van der Waals surface area contributed by atoms with Crippen molar-refractivity contribution in [3.63, 3.8) is 0 Å². The van der Waals surface area contributed by atoms with Crippen LogP contribution < -0.4 is 14.9 Å². The Bertz CT molecular complexity index is 2230. The molecule has 4 aliphatic heterocycles. The molecule has 0 aromatic heterocycles. The largest absolute Gasteiger partial charge is 0.508 e. The van der Waals surface area contributed by atoms with Gasteiger partial charge in [-0.25, -0.2) is 4.79 Å². The first-order valence-electron chi connectivity index (χ1n) is 19.6. The molecule has 2 aromatic carbocycles. The Kier molecular flexibility index (Phi) is 14.0. The van der Waals surface area contributed by atoms with Crippen molar-refractivity contribution in [3.8, 4) is 45.6 Å². The normalized spacial score (nSPS) is 33.6. The third-order valence-corrected chi connectivity index (χ3v) is 10.7. The second kappa shape index (κ2) is 19.2. The van der Waals surface area contributed by atoms with Crippen LogP contribution in [0.15, 0.2) is 82.0 Å². The van der Waals surface area contributed by atoms with Gasteiger partial charge in [0, 0.05) is 23.8 Å². The lowest BCUT2D eigenvalue weighted by atomic mass is 9.98. The van der Waals surface area contributed by atoms with Gasteiger partial charge in [-0.15, -0.1) is 0 Å². The van der Waals surface area contributed by atoms with Crippen LogP contribution in [0.1, 0.15) is 12.5 Å². The summed E-state index contributed by atoms with van der Waals surface area (Å²) in [6, 6.07) is 14.8. The average Bonchev–Trinajstić information content (AvgIpc) is 3.26. The fraction of sp³-hybridized carbons (Fsp3) is 0.429. The molecule has 3 fully saturated rings. The average molecular weight is 887 g/mol. The minimum Gasteiger partial charge on any atom is -0.508 e. The number of carbonyl (C=O) groups is 1. The van der Waals surface area contributed by atoms with Crippen molar-refractivity contribution < 1.29 is 98.5 Å². The first-order valence-corrected chi connectivity index (χ1v) is 19.6. The molecule has 0 amide bonds. The van der Waals surface area contributed by atoms with Gasteiger partial charge in [0.15, 0.2) is 29.3 Å². The maximum absolute atomic E-state index is 12.9. The molecule has 15 atom stereocenters. The first-order chi connectivity index (χ1) is 30.0. The number of aliphatic hydroxyl groups is 9. The summed E-state index contributed by atoms with van der Waals surface area (Å²) in [5, 5.41) is 115. The zero-order valence-corrected chi connectivity index (χ0v) is 33.1. The number of aromatic hydroxyl groups is 2. The molecule has 21 nitrogen and oxygen atoms in total. The van der Waals surface area contributed by atoms with E-state index < -0.39 is 117 Å². The minimum absolute atomic E-state index is 0.0108. The van der Waals surface area contributed by atoms with Gasteiger partial charge < -0.3 is 93.7 Å². The number of benzene rings is 3. The van der Waals surface area contributed by atoms with Gasteiger partial charge in [0.2, 0.25) is 12.6 Å². The van der Waals surface area contributed by atoms with Gasteiger partial charge in [-0.3, -0.25) is 4.79 Å². The van der Waals surface area contributed by atoms with Crippen LogP contribution in [0.4, 0.5) is 0 Å². The van der Waals surface area contributed by atoms with E-state index in [4.69, 9.17) is 37.6 Å². The van der Waals surface area contributed by atoms with Gasteiger partial charge in [-0.05, 0) is 61.0 Å². The van der Waals surface area contributed by atoms with E-state index >= 15 is 0 Å². The molecule has 0 spiro atoms. The Balaban J connectivity index is 1.09. The smallest absolute Gasteiger partial charge is 0.331 e. The highest BCUT2D eigenvalue weighted by Crippen LogP contribution is 2.43. The van der Waals surface area contributed by atoms with E-state index in [-0.39, 0.29) is 45.6 Å². The number of phenolic OH excluding ortho intramolecular Hbond substituents is 2. The summed E-state index contributed by atoms with van der Waals surface area (Å²) < 4.78 is 46.1. The second-order valence-corrected chi connectivity index (χ2v) is 15.1. The number of fused-ring (bicyclic) bond motifs is 1. The summed E-state index contributed by atoms with van der Waals surface area (Å²) in [4.78, 5) is 25.4. The standard InChI is InChI=1S/C42H46O21/c1-17-38(63-29(47)11-4-18-2-7-20(44)8-3-18)34(52)37(55)40(57-17)56-16-28-31(49)33(51)36(54)42(62-28)60-26-14-23-24(58-39(26)19-5-9-21(45)10-6-19)12-22(46)13-25(23)59-41-35(53)32(50)30(48)27(15-43)61-41/h2-14,17,27-28,30-38,40-45,48-55H,15-16H2,1H3. The summed E-state index contributed by atoms with van der Waals surface area (Å²) in [7, 11) is 0. The molecule has 21 heteroatoms. The highest BCUT2D eigenvalue weighted by atomic mass is 16.7. The van der Waals surface area contributed by atoms with E-state index in [0.717, 1.165) is 18.2 Å². The van der Waals surface area contributed by atoms with Crippen molar-refractivity contribution >= 4 is 12.0 Å². The fourth-order valence-electron chi connectivity index (χ4n) is 7.14. The molecule has 5 aliphatic rings. The van der Waals surface area contributed by atoms with Crippen molar-refractivity contribution in [2.45, 2.75) is 99.0 Å². The molecule has 63 heavy (non-hydrogen) atoms. The van der Waals surface area contributed by atoms with Crippen LogP contribution in [-0.4, -0.2) is 167 Å². The van der Waals surface area contributed by atoms with Crippen molar-refractivity contribution in [2.24, 2.45) is 0 Å². The number of aliphatic hydroxyl groups excluding tert-OH is 9. The van der Waals surface area contributed by atoms with Crippen LogP contribution in [0.2, 0.25) is 0 Å². The Labute approximate surface area is 356 Å². The summed E-state index contributed by atoms with van der Waals surface area (Å²) in [5.41, 5.74) is 0.175. The molecule has 0 saturated carbocycles. The van der Waals surface area contributed by atoms with Gasteiger partial charge in [0.25, 0.3) is 0 Å². The maximum atomic E-state index is 12.9. The molecule has 15 unspecified atom stereocenters. The number of hydrogen-bond donors (Lipinski definition) is 11. The molecule has 0 radical (unpaired) electrons. The first kappa shape index (κ1) is 45.8. The van der Waals surface area contributed by atoms with E-state index in [1.165, 1.54) is 55.5 Å². The van der Waals surface area contributed by atoms with Crippen LogP contribution in [0.5, 0.6) is 23.0 Å². The minimum atomic E-state index is -1.94. The zero-order valence-electron chi connectivity index (χ0n) is 33.1. The van der Waals surface area contributed by atoms with Crippen molar-refractivity contribution in [1.29, 1.82) is 0 Å². The molecule has 1 aliphatic carbocycles. The molecule has 7 rings (SSSR count). The van der Waals surface area contributed by atoms with Crippen LogP contribution in [0, 0.1) is 0 Å². The van der Waals surface area contributed by atoms with Gasteiger partial charge in [0.1, 0.15) is 84.0 Å². The fourth-order valence-corrected chi connectivity index (χ4v) is 7.14. The SMILES string of the molecule is CC1OC(OCC2OC(Oc3cc4c(OC5OC(CO)C(O)C(O)C5O)cc(=O)cc-4oc3-c3ccc(O)cc3)C(O)C(O)C2O)C(O)C(O)C1OC(=O)C=Cc1ccc(O)cc1. The topological polar surface area (TPSA) is 334 Å². The predicted octanol–water partition coefficient (Wildman–Crippen LogP) is -1.70. The Morgan fingerprint density at radius 3 is 1.87 bits per heavy atom. The van der Waals surface area contributed by atoms with E-state index in [1.807, 2.05) is 0 Å². The highest BCUT2D eigenvalue weighted by molar-refractivity contribution is 5.87. The van der Waals surface area contributed by atoms with E-state index in [2.05, 4.69) is 0 Å². The van der Waals surface area contributed by atoms with E-state index in [0.29, 0.717) is 5.56 Å². The summed E-state index contributed by atoms with van der Waals surface area (Å²) >= 11 is 0. The van der Waals surface area contributed by atoms with E-state index in [9.17, 15) is 65.8 Å². The van der Waals surface area contributed by atoms with Crippen LogP contribution in [0.3, 0.4) is 0 Å². The highest BCUT2D eigenvalue weighted by Gasteiger charge is 2.49. The quantitative estimate of drug-likeness (QED) is 0.0558. The maximum Gasteiger partial charge on any atom is 0.331 e. The lowest BCUT2D eigenvalue weighted by Gasteiger charge is -2.43. The molecule has 0 bridgehead atoms. The predicted molar refractivity (Wildman–Crippen MR) is 210 cm³/mol. The number of hydrogen-bond acceptors (Lipinski definition) is 21. The van der Waals surface area contributed by atoms with Crippen molar-refractivity contribution in [1.82, 2.24) is 0 Å². The van der Waals surface area contributed by atoms with Gasteiger partial charge >= 0.3 is 5.97 Å². The summed E-state index contributed by atoms with van der Waals surface area (Å²) in [6.45, 7) is 0.0475. The summed E-state index contributed by atoms with van der Waals surface area (Å²) in [6.07, 6.45) is -22.4. The van der Waals surface area contributed by atoms with E-state index in [1.54, 1.807) is 12.1 Å².